The van der Waals surface area contributed by atoms with Gasteiger partial charge in [-0.1, -0.05) is 44.0 Å². The molecule has 1 saturated carbocycles. The molecule has 0 spiro atoms. The van der Waals surface area contributed by atoms with E-state index in [2.05, 4.69) is 52.0 Å². The molecule has 0 bridgehead atoms. The fraction of sp³-hybridized carbons (Fsp3) is 0.455. The maximum Gasteiger partial charge on any atom is 0.161 e. The average molecular weight is 362 g/mol. The van der Waals surface area contributed by atoms with E-state index in [1.54, 1.807) is 0 Å². The molecule has 0 saturated heterocycles. The summed E-state index contributed by atoms with van der Waals surface area (Å²) in [7, 11) is 0. The SMILES string of the molecule is CC1(c2nnc3ccc(OC4CCC(N)c5ccccc54)cn23)CCCC1. The van der Waals surface area contributed by atoms with Crippen molar-refractivity contribution in [2.45, 2.75) is 63.0 Å². The molecule has 1 fully saturated rings. The van der Waals surface area contributed by atoms with Gasteiger partial charge in [-0.15, -0.1) is 10.2 Å². The van der Waals surface area contributed by atoms with Crippen molar-refractivity contribution in [1.29, 1.82) is 0 Å². The van der Waals surface area contributed by atoms with E-state index in [1.165, 1.54) is 36.8 Å². The van der Waals surface area contributed by atoms with Gasteiger partial charge < -0.3 is 10.5 Å². The van der Waals surface area contributed by atoms with Crippen LogP contribution >= 0.6 is 0 Å². The number of rotatable bonds is 3. The number of aromatic nitrogens is 3. The Balaban J connectivity index is 1.49. The summed E-state index contributed by atoms with van der Waals surface area (Å²) in [5.41, 5.74) is 9.71. The van der Waals surface area contributed by atoms with Gasteiger partial charge in [0.15, 0.2) is 5.65 Å². The van der Waals surface area contributed by atoms with Gasteiger partial charge in [0.05, 0.1) is 6.20 Å². The molecule has 2 atom stereocenters. The van der Waals surface area contributed by atoms with Crippen molar-refractivity contribution in [3.05, 3.63) is 59.5 Å². The Kier molecular flexibility index (Phi) is 3.93. The molecular weight excluding hydrogens is 336 g/mol. The molecule has 140 valence electrons. The lowest BCUT2D eigenvalue weighted by Gasteiger charge is -2.30. The number of fused-ring (bicyclic) bond motifs is 2. The lowest BCUT2D eigenvalue weighted by molar-refractivity contribution is 0.176. The number of benzene rings is 1. The fourth-order valence-corrected chi connectivity index (χ4v) is 4.80. The fourth-order valence-electron chi connectivity index (χ4n) is 4.80. The van der Waals surface area contributed by atoms with E-state index in [-0.39, 0.29) is 17.6 Å². The molecule has 2 aliphatic rings. The monoisotopic (exact) mass is 362 g/mol. The van der Waals surface area contributed by atoms with Gasteiger partial charge >= 0.3 is 0 Å². The van der Waals surface area contributed by atoms with Crippen LogP contribution < -0.4 is 10.5 Å². The molecule has 5 heteroatoms. The van der Waals surface area contributed by atoms with Crippen molar-refractivity contribution >= 4 is 5.65 Å². The van der Waals surface area contributed by atoms with E-state index in [0.717, 1.165) is 30.1 Å². The van der Waals surface area contributed by atoms with Crippen LogP contribution in [0.15, 0.2) is 42.6 Å². The van der Waals surface area contributed by atoms with E-state index in [9.17, 15) is 0 Å². The molecule has 2 heterocycles. The smallest absolute Gasteiger partial charge is 0.161 e. The second kappa shape index (κ2) is 6.34. The molecule has 5 rings (SSSR count). The molecule has 0 aliphatic heterocycles. The van der Waals surface area contributed by atoms with Crippen LogP contribution in [0.1, 0.15) is 74.5 Å². The minimum absolute atomic E-state index is 0.0421. The van der Waals surface area contributed by atoms with E-state index >= 15 is 0 Å². The third-order valence-corrected chi connectivity index (χ3v) is 6.38. The zero-order valence-corrected chi connectivity index (χ0v) is 15.8. The van der Waals surface area contributed by atoms with Crippen molar-refractivity contribution in [2.24, 2.45) is 5.73 Å². The van der Waals surface area contributed by atoms with Crippen LogP contribution in [0.5, 0.6) is 5.75 Å². The molecule has 2 N–H and O–H groups in total. The van der Waals surface area contributed by atoms with Crippen molar-refractivity contribution in [3.63, 3.8) is 0 Å². The first-order chi connectivity index (χ1) is 13.1. The van der Waals surface area contributed by atoms with Crippen molar-refractivity contribution in [2.75, 3.05) is 0 Å². The number of nitrogens with two attached hydrogens (primary N) is 1. The van der Waals surface area contributed by atoms with Crippen LogP contribution in [0.25, 0.3) is 5.65 Å². The highest BCUT2D eigenvalue weighted by Gasteiger charge is 2.35. The van der Waals surface area contributed by atoms with Gasteiger partial charge in [-0.2, -0.15) is 0 Å². The van der Waals surface area contributed by atoms with Crippen LogP contribution in [0.2, 0.25) is 0 Å². The van der Waals surface area contributed by atoms with Crippen molar-refractivity contribution < 1.29 is 4.74 Å². The summed E-state index contributed by atoms with van der Waals surface area (Å²) in [6, 6.07) is 12.5. The van der Waals surface area contributed by atoms with Gasteiger partial charge in [0, 0.05) is 11.5 Å². The molecule has 2 aliphatic carbocycles. The Morgan fingerprint density at radius 1 is 1.04 bits per heavy atom. The molecule has 5 nitrogen and oxygen atoms in total. The second-order valence-electron chi connectivity index (χ2n) is 8.30. The molecule has 27 heavy (non-hydrogen) atoms. The standard InChI is InChI=1S/C22H26N4O/c1-22(12-4-5-13-22)21-25-24-20-11-8-15(14-26(20)21)27-19-10-9-18(23)16-6-2-3-7-17(16)19/h2-3,6-8,11,14,18-19H,4-5,9-10,12-13,23H2,1H3. The molecular formula is C22H26N4O. The van der Waals surface area contributed by atoms with Gasteiger partial charge in [0.2, 0.25) is 0 Å². The highest BCUT2D eigenvalue weighted by atomic mass is 16.5. The van der Waals surface area contributed by atoms with E-state index in [4.69, 9.17) is 10.5 Å². The summed E-state index contributed by atoms with van der Waals surface area (Å²) >= 11 is 0. The first-order valence-corrected chi connectivity index (χ1v) is 10.0. The predicted molar refractivity (Wildman–Crippen MR) is 105 cm³/mol. The molecule has 3 aromatic rings. The maximum absolute atomic E-state index is 6.43. The summed E-state index contributed by atoms with van der Waals surface area (Å²) in [6.45, 7) is 2.31. The first-order valence-electron chi connectivity index (χ1n) is 10.0. The quantitative estimate of drug-likeness (QED) is 0.746. The maximum atomic E-state index is 6.43. The molecule has 0 amide bonds. The Morgan fingerprint density at radius 3 is 2.63 bits per heavy atom. The van der Waals surface area contributed by atoms with Crippen LogP contribution in [0.4, 0.5) is 0 Å². The molecule has 2 aromatic heterocycles. The Morgan fingerprint density at radius 2 is 1.81 bits per heavy atom. The number of pyridine rings is 1. The number of hydrogen-bond donors (Lipinski definition) is 1. The van der Waals surface area contributed by atoms with Crippen LogP contribution in [-0.2, 0) is 5.41 Å². The molecule has 2 unspecified atom stereocenters. The van der Waals surface area contributed by atoms with Crippen LogP contribution in [0.3, 0.4) is 0 Å². The highest BCUT2D eigenvalue weighted by molar-refractivity contribution is 5.43. The number of nitrogens with zero attached hydrogens (tertiary/aromatic N) is 3. The Labute approximate surface area is 159 Å². The van der Waals surface area contributed by atoms with Gasteiger partial charge in [-0.05, 0) is 48.9 Å². The van der Waals surface area contributed by atoms with E-state index in [1.807, 2.05) is 12.1 Å². The summed E-state index contributed by atoms with van der Waals surface area (Å²) in [5, 5.41) is 8.91. The molecule has 0 radical (unpaired) electrons. The van der Waals surface area contributed by atoms with Gasteiger partial charge in [0.25, 0.3) is 0 Å². The van der Waals surface area contributed by atoms with Gasteiger partial charge in [-0.25, -0.2) is 0 Å². The Hall–Kier alpha value is -2.40. The highest BCUT2D eigenvalue weighted by Crippen LogP contribution is 2.41. The topological polar surface area (TPSA) is 65.4 Å². The number of ether oxygens (including phenoxy) is 1. The van der Waals surface area contributed by atoms with Crippen LogP contribution in [-0.4, -0.2) is 14.6 Å². The van der Waals surface area contributed by atoms with Crippen LogP contribution in [0, 0.1) is 0 Å². The normalized spacial score (nSPS) is 24.1. The lowest BCUT2D eigenvalue weighted by Crippen LogP contribution is -2.23. The second-order valence-corrected chi connectivity index (χ2v) is 8.30. The summed E-state index contributed by atoms with van der Waals surface area (Å²) in [4.78, 5) is 0. The zero-order valence-electron chi connectivity index (χ0n) is 15.8. The average Bonchev–Trinajstić information content (AvgIpc) is 3.31. The lowest BCUT2D eigenvalue weighted by atomic mass is 9.86. The van der Waals surface area contributed by atoms with E-state index < -0.39 is 0 Å². The number of hydrogen-bond acceptors (Lipinski definition) is 4. The van der Waals surface area contributed by atoms with E-state index in [0.29, 0.717) is 0 Å². The minimum Gasteiger partial charge on any atom is -0.484 e. The van der Waals surface area contributed by atoms with Gasteiger partial charge in [0.1, 0.15) is 17.7 Å². The Bertz CT molecular complexity index is 973. The molecule has 1 aromatic carbocycles. The summed E-state index contributed by atoms with van der Waals surface area (Å²) in [6.07, 6.45) is 8.86. The van der Waals surface area contributed by atoms with Gasteiger partial charge in [-0.3, -0.25) is 4.40 Å². The van der Waals surface area contributed by atoms with Crippen molar-refractivity contribution in [3.8, 4) is 5.75 Å². The summed E-state index contributed by atoms with van der Waals surface area (Å²) < 4.78 is 8.55. The predicted octanol–water partition coefficient (Wildman–Crippen LogP) is 4.47. The first kappa shape index (κ1) is 16.8. The third kappa shape index (κ3) is 2.81. The van der Waals surface area contributed by atoms with Crippen molar-refractivity contribution in [1.82, 2.24) is 14.6 Å². The largest absolute Gasteiger partial charge is 0.484 e. The summed E-state index contributed by atoms with van der Waals surface area (Å²) in [5.74, 6) is 1.92. The minimum atomic E-state index is 0.0421. The third-order valence-electron chi connectivity index (χ3n) is 6.38. The zero-order chi connectivity index (χ0) is 18.4.